The molecule has 0 fully saturated rings. The van der Waals surface area contributed by atoms with Crippen molar-refractivity contribution >= 4 is 47.8 Å². The van der Waals surface area contributed by atoms with Crippen molar-refractivity contribution in [2.75, 3.05) is 14.2 Å². The fourth-order valence-corrected chi connectivity index (χ4v) is 3.05. The van der Waals surface area contributed by atoms with Gasteiger partial charge in [-0.05, 0) is 63.2 Å². The Labute approximate surface area is 149 Å². The summed E-state index contributed by atoms with van der Waals surface area (Å²) in [6.07, 6.45) is 0. The van der Waals surface area contributed by atoms with Crippen LogP contribution < -0.4 is 14.8 Å². The van der Waals surface area contributed by atoms with Crippen molar-refractivity contribution in [3.63, 3.8) is 0 Å². The summed E-state index contributed by atoms with van der Waals surface area (Å²) in [5.41, 5.74) is 1.08. The zero-order chi connectivity index (χ0) is 15.4. The van der Waals surface area contributed by atoms with Crippen LogP contribution in [0.3, 0.4) is 0 Å². The standard InChI is InChI=1S/C15H14Br3NO2/c1-19-8-9-3-4-10(16)5-13(9)21-15-7-11(17)14(20-2)6-12(15)18/h3-7,19H,8H2,1-2H3. The van der Waals surface area contributed by atoms with E-state index < -0.39 is 0 Å². The molecule has 21 heavy (non-hydrogen) atoms. The molecule has 0 bridgehead atoms. The molecule has 2 aromatic rings. The lowest BCUT2D eigenvalue weighted by molar-refractivity contribution is 0.409. The van der Waals surface area contributed by atoms with Crippen LogP contribution in [-0.2, 0) is 6.54 Å². The Morgan fingerprint density at radius 1 is 0.952 bits per heavy atom. The molecule has 6 heteroatoms. The number of rotatable bonds is 5. The normalized spacial score (nSPS) is 10.5. The number of methoxy groups -OCH3 is 1. The highest BCUT2D eigenvalue weighted by molar-refractivity contribution is 9.11. The van der Waals surface area contributed by atoms with Gasteiger partial charge in [-0.15, -0.1) is 0 Å². The molecule has 0 aromatic heterocycles. The van der Waals surface area contributed by atoms with Crippen LogP contribution in [0.15, 0.2) is 43.7 Å². The van der Waals surface area contributed by atoms with Crippen molar-refractivity contribution in [1.29, 1.82) is 0 Å². The van der Waals surface area contributed by atoms with Gasteiger partial charge in [0.05, 0.1) is 16.1 Å². The molecule has 0 unspecified atom stereocenters. The number of nitrogens with one attached hydrogen (secondary N) is 1. The minimum Gasteiger partial charge on any atom is -0.496 e. The Bertz CT molecular complexity index is 647. The third-order valence-corrected chi connectivity index (χ3v) is 4.56. The lowest BCUT2D eigenvalue weighted by Gasteiger charge is -2.14. The third-order valence-electron chi connectivity index (χ3n) is 2.82. The average Bonchev–Trinajstić information content (AvgIpc) is 2.45. The van der Waals surface area contributed by atoms with E-state index in [4.69, 9.17) is 9.47 Å². The van der Waals surface area contributed by atoms with Gasteiger partial charge in [-0.2, -0.15) is 0 Å². The zero-order valence-electron chi connectivity index (χ0n) is 11.5. The predicted octanol–water partition coefficient (Wildman–Crippen LogP) is 5.49. The van der Waals surface area contributed by atoms with Gasteiger partial charge in [0.2, 0.25) is 0 Å². The topological polar surface area (TPSA) is 30.5 Å². The maximum atomic E-state index is 6.05. The minimum absolute atomic E-state index is 0.720. The molecule has 0 saturated carbocycles. The smallest absolute Gasteiger partial charge is 0.143 e. The first-order chi connectivity index (χ1) is 10.0. The molecule has 0 aliphatic heterocycles. The van der Waals surface area contributed by atoms with Crippen molar-refractivity contribution in [2.24, 2.45) is 0 Å². The molecule has 0 atom stereocenters. The maximum absolute atomic E-state index is 6.05. The van der Waals surface area contributed by atoms with E-state index in [1.807, 2.05) is 37.4 Å². The highest BCUT2D eigenvalue weighted by Crippen LogP contribution is 2.39. The van der Waals surface area contributed by atoms with E-state index in [0.717, 1.165) is 42.8 Å². The van der Waals surface area contributed by atoms with Gasteiger partial charge in [-0.25, -0.2) is 0 Å². The monoisotopic (exact) mass is 477 g/mol. The van der Waals surface area contributed by atoms with Crippen LogP contribution in [0.4, 0.5) is 0 Å². The summed E-state index contributed by atoms with van der Waals surface area (Å²) in [4.78, 5) is 0. The fraction of sp³-hybridized carbons (Fsp3) is 0.200. The molecule has 2 rings (SSSR count). The van der Waals surface area contributed by atoms with Crippen LogP contribution in [-0.4, -0.2) is 14.2 Å². The van der Waals surface area contributed by atoms with Gasteiger partial charge in [-0.3, -0.25) is 0 Å². The van der Waals surface area contributed by atoms with Gasteiger partial charge < -0.3 is 14.8 Å². The highest BCUT2D eigenvalue weighted by Gasteiger charge is 2.11. The predicted molar refractivity (Wildman–Crippen MR) is 95.4 cm³/mol. The Morgan fingerprint density at radius 3 is 2.29 bits per heavy atom. The zero-order valence-corrected chi connectivity index (χ0v) is 16.3. The van der Waals surface area contributed by atoms with Crippen molar-refractivity contribution in [2.45, 2.75) is 6.54 Å². The van der Waals surface area contributed by atoms with Crippen LogP contribution >= 0.6 is 47.8 Å². The lowest BCUT2D eigenvalue weighted by Crippen LogP contribution is -2.06. The molecule has 0 aliphatic rings. The molecule has 112 valence electrons. The first-order valence-electron chi connectivity index (χ1n) is 6.19. The minimum atomic E-state index is 0.720. The Balaban J connectivity index is 2.38. The van der Waals surface area contributed by atoms with Gasteiger partial charge in [0.15, 0.2) is 0 Å². The molecule has 0 radical (unpaired) electrons. The van der Waals surface area contributed by atoms with Crippen molar-refractivity contribution < 1.29 is 9.47 Å². The first-order valence-corrected chi connectivity index (χ1v) is 8.57. The third kappa shape index (κ3) is 4.22. The van der Waals surface area contributed by atoms with E-state index in [2.05, 4.69) is 53.1 Å². The van der Waals surface area contributed by atoms with Crippen LogP contribution in [0.5, 0.6) is 17.2 Å². The van der Waals surface area contributed by atoms with Gasteiger partial charge in [0.1, 0.15) is 17.2 Å². The molecule has 0 aliphatic carbocycles. The van der Waals surface area contributed by atoms with Crippen molar-refractivity contribution in [3.8, 4) is 17.2 Å². The summed E-state index contributed by atoms with van der Waals surface area (Å²) in [5.74, 6) is 2.27. The van der Waals surface area contributed by atoms with Crippen molar-refractivity contribution in [1.82, 2.24) is 5.32 Å². The largest absolute Gasteiger partial charge is 0.496 e. The second kappa shape index (κ2) is 7.63. The molecule has 1 N–H and O–H groups in total. The summed E-state index contributed by atoms with van der Waals surface area (Å²) >= 11 is 10.5. The molecular weight excluding hydrogens is 466 g/mol. The molecule has 0 spiro atoms. The quantitative estimate of drug-likeness (QED) is 0.614. The Kier molecular flexibility index (Phi) is 6.10. The van der Waals surface area contributed by atoms with E-state index in [9.17, 15) is 0 Å². The van der Waals surface area contributed by atoms with Crippen LogP contribution in [0.1, 0.15) is 5.56 Å². The fourth-order valence-electron chi connectivity index (χ4n) is 1.82. The number of halogens is 3. The summed E-state index contributed by atoms with van der Waals surface area (Å²) in [5, 5.41) is 3.14. The SMILES string of the molecule is CNCc1ccc(Br)cc1Oc1cc(Br)c(OC)cc1Br. The molecular formula is C15H14Br3NO2. The summed E-state index contributed by atoms with van der Waals surface area (Å²) in [6, 6.07) is 9.74. The number of hydrogen-bond donors (Lipinski definition) is 1. The second-order valence-electron chi connectivity index (χ2n) is 4.30. The molecule has 3 nitrogen and oxygen atoms in total. The Morgan fingerprint density at radius 2 is 1.62 bits per heavy atom. The van der Waals surface area contributed by atoms with E-state index in [1.165, 1.54) is 0 Å². The van der Waals surface area contributed by atoms with E-state index in [0.29, 0.717) is 0 Å². The summed E-state index contributed by atoms with van der Waals surface area (Å²) in [6.45, 7) is 0.734. The van der Waals surface area contributed by atoms with Crippen molar-refractivity contribution in [3.05, 3.63) is 49.3 Å². The van der Waals surface area contributed by atoms with E-state index >= 15 is 0 Å². The van der Waals surface area contributed by atoms with Crippen LogP contribution in [0.25, 0.3) is 0 Å². The highest BCUT2D eigenvalue weighted by atomic mass is 79.9. The van der Waals surface area contributed by atoms with Crippen LogP contribution in [0.2, 0.25) is 0 Å². The average molecular weight is 480 g/mol. The summed E-state index contributed by atoms with van der Waals surface area (Å²) in [7, 11) is 3.54. The number of benzene rings is 2. The lowest BCUT2D eigenvalue weighted by atomic mass is 10.2. The molecule has 2 aromatic carbocycles. The molecule has 0 saturated heterocycles. The van der Waals surface area contributed by atoms with Gasteiger partial charge in [0.25, 0.3) is 0 Å². The van der Waals surface area contributed by atoms with E-state index in [-0.39, 0.29) is 0 Å². The maximum Gasteiger partial charge on any atom is 0.143 e. The second-order valence-corrected chi connectivity index (χ2v) is 6.93. The first kappa shape index (κ1) is 16.8. The van der Waals surface area contributed by atoms with Crippen LogP contribution in [0, 0.1) is 0 Å². The Hall–Kier alpha value is -0.560. The molecule has 0 amide bonds. The van der Waals surface area contributed by atoms with Gasteiger partial charge in [0, 0.05) is 16.6 Å². The van der Waals surface area contributed by atoms with E-state index in [1.54, 1.807) is 7.11 Å². The number of ether oxygens (including phenoxy) is 2. The molecule has 0 heterocycles. The number of hydrogen-bond acceptors (Lipinski definition) is 3. The summed E-state index contributed by atoms with van der Waals surface area (Å²) < 4.78 is 14.0. The van der Waals surface area contributed by atoms with Gasteiger partial charge >= 0.3 is 0 Å². The van der Waals surface area contributed by atoms with Gasteiger partial charge in [-0.1, -0.05) is 22.0 Å².